The van der Waals surface area contributed by atoms with E-state index in [4.69, 9.17) is 5.11 Å². The van der Waals surface area contributed by atoms with E-state index in [0.717, 1.165) is 5.56 Å². The van der Waals surface area contributed by atoms with E-state index >= 15 is 0 Å². The fraction of sp³-hybridized carbons (Fsp3) is 0.375. The summed E-state index contributed by atoms with van der Waals surface area (Å²) in [5.74, 6) is -1.52. The largest absolute Gasteiger partial charge is 0.481 e. The molecule has 20 heavy (non-hydrogen) atoms. The van der Waals surface area contributed by atoms with Crippen LogP contribution < -0.4 is 0 Å². The highest BCUT2D eigenvalue weighted by Gasteiger charge is 2.16. The summed E-state index contributed by atoms with van der Waals surface area (Å²) >= 11 is 0. The number of aryl methyl sites for hydroxylation is 1. The number of hydrogen-bond acceptors (Lipinski definition) is 2. The van der Waals surface area contributed by atoms with Crippen molar-refractivity contribution in [3.8, 4) is 0 Å². The number of carboxylic acids is 1. The second-order valence-corrected chi connectivity index (χ2v) is 5.03. The molecule has 0 aliphatic heterocycles. The van der Waals surface area contributed by atoms with Crippen LogP contribution in [-0.2, 0) is 9.59 Å². The van der Waals surface area contributed by atoms with E-state index in [1.165, 1.54) is 10.5 Å². The molecule has 1 unspecified atom stereocenters. The number of benzene rings is 1. The summed E-state index contributed by atoms with van der Waals surface area (Å²) in [4.78, 5) is 24.0. The van der Waals surface area contributed by atoms with Crippen molar-refractivity contribution in [1.82, 2.24) is 4.90 Å². The molecule has 0 fully saturated rings. The molecule has 0 aromatic heterocycles. The first-order valence-electron chi connectivity index (χ1n) is 6.60. The molecule has 0 aliphatic rings. The minimum atomic E-state index is -0.889. The molecule has 4 nitrogen and oxygen atoms in total. The van der Waals surface area contributed by atoms with Gasteiger partial charge in [0, 0.05) is 20.0 Å². The molecule has 1 N–H and O–H groups in total. The van der Waals surface area contributed by atoms with E-state index in [1.54, 1.807) is 20.0 Å². The van der Waals surface area contributed by atoms with Crippen LogP contribution in [0.5, 0.6) is 0 Å². The summed E-state index contributed by atoms with van der Waals surface area (Å²) in [6.45, 7) is 3.84. The van der Waals surface area contributed by atoms with E-state index in [9.17, 15) is 9.59 Å². The van der Waals surface area contributed by atoms with Crippen molar-refractivity contribution in [3.63, 3.8) is 0 Å². The summed E-state index contributed by atoms with van der Waals surface area (Å²) in [5.41, 5.74) is 2.24. The van der Waals surface area contributed by atoms with E-state index in [-0.39, 0.29) is 18.9 Å². The molecule has 1 aromatic carbocycles. The monoisotopic (exact) mass is 275 g/mol. The smallest absolute Gasteiger partial charge is 0.308 e. The predicted octanol–water partition coefficient (Wildman–Crippen LogP) is 2.58. The first kappa shape index (κ1) is 16.0. The Labute approximate surface area is 119 Å². The van der Waals surface area contributed by atoms with Crippen LogP contribution in [0.1, 0.15) is 24.5 Å². The number of nitrogens with zero attached hydrogens (tertiary/aromatic N) is 1. The van der Waals surface area contributed by atoms with Crippen molar-refractivity contribution in [2.75, 3.05) is 13.6 Å². The Hall–Kier alpha value is -2.10. The Bertz CT molecular complexity index is 491. The first-order valence-corrected chi connectivity index (χ1v) is 6.60. The lowest BCUT2D eigenvalue weighted by atomic mass is 10.1. The number of carbonyl (C=O) groups is 2. The second kappa shape index (κ2) is 7.48. The summed E-state index contributed by atoms with van der Waals surface area (Å²) < 4.78 is 0. The number of amides is 1. The quantitative estimate of drug-likeness (QED) is 0.868. The van der Waals surface area contributed by atoms with Crippen LogP contribution in [0.25, 0.3) is 6.08 Å². The maximum Gasteiger partial charge on any atom is 0.308 e. The Morgan fingerprint density at radius 2 is 1.90 bits per heavy atom. The third kappa shape index (κ3) is 5.26. The van der Waals surface area contributed by atoms with Crippen LogP contribution in [0.2, 0.25) is 0 Å². The Balaban J connectivity index is 2.46. The summed E-state index contributed by atoms with van der Waals surface area (Å²) in [6.07, 6.45) is 3.97. The summed E-state index contributed by atoms with van der Waals surface area (Å²) in [6, 6.07) is 8.02. The Kier molecular flexibility index (Phi) is 5.97. The van der Waals surface area contributed by atoms with Gasteiger partial charge in [-0.25, -0.2) is 0 Å². The van der Waals surface area contributed by atoms with Crippen LogP contribution in [-0.4, -0.2) is 35.5 Å². The fourth-order valence-electron chi connectivity index (χ4n) is 1.72. The minimum absolute atomic E-state index is 0.0820. The van der Waals surface area contributed by atoms with Gasteiger partial charge in [-0.15, -0.1) is 0 Å². The van der Waals surface area contributed by atoms with Gasteiger partial charge in [-0.2, -0.15) is 0 Å². The van der Waals surface area contributed by atoms with Crippen molar-refractivity contribution < 1.29 is 14.7 Å². The van der Waals surface area contributed by atoms with Crippen molar-refractivity contribution in [2.45, 2.75) is 20.3 Å². The van der Waals surface area contributed by atoms with Gasteiger partial charge in [0.05, 0.1) is 5.92 Å². The van der Waals surface area contributed by atoms with Gasteiger partial charge in [-0.1, -0.05) is 48.9 Å². The van der Waals surface area contributed by atoms with Gasteiger partial charge in [0.2, 0.25) is 5.91 Å². The Morgan fingerprint density at radius 1 is 1.30 bits per heavy atom. The standard InChI is InChI=1S/C16H21NO3/c1-12-7-9-14(10-8-12)5-4-6-15(18)17(3)11-13(2)16(19)20/h4-5,7-10,13H,6,11H2,1-3H3,(H,19,20)/b5-4+. The van der Waals surface area contributed by atoms with Crippen LogP contribution in [0.4, 0.5) is 0 Å². The van der Waals surface area contributed by atoms with Gasteiger partial charge in [-0.05, 0) is 12.5 Å². The minimum Gasteiger partial charge on any atom is -0.481 e. The molecule has 1 atom stereocenters. The normalized spacial score (nSPS) is 12.3. The third-order valence-electron chi connectivity index (χ3n) is 3.08. The molecule has 0 radical (unpaired) electrons. The van der Waals surface area contributed by atoms with Gasteiger partial charge in [0.15, 0.2) is 0 Å². The van der Waals surface area contributed by atoms with Gasteiger partial charge >= 0.3 is 5.97 Å². The molecule has 1 rings (SSSR count). The van der Waals surface area contributed by atoms with Crippen molar-refractivity contribution in [3.05, 3.63) is 41.5 Å². The zero-order valence-electron chi connectivity index (χ0n) is 12.2. The maximum absolute atomic E-state index is 11.8. The van der Waals surface area contributed by atoms with E-state index in [2.05, 4.69) is 0 Å². The van der Waals surface area contributed by atoms with E-state index < -0.39 is 11.9 Å². The van der Waals surface area contributed by atoms with Crippen molar-refractivity contribution >= 4 is 18.0 Å². The average Bonchev–Trinajstić information content (AvgIpc) is 2.40. The molecule has 0 bridgehead atoms. The summed E-state index contributed by atoms with van der Waals surface area (Å²) in [7, 11) is 1.63. The van der Waals surface area contributed by atoms with Crippen molar-refractivity contribution in [1.29, 1.82) is 0 Å². The summed E-state index contributed by atoms with van der Waals surface area (Å²) in [5, 5.41) is 8.81. The average molecular weight is 275 g/mol. The molecule has 0 spiro atoms. The number of rotatable bonds is 6. The van der Waals surface area contributed by atoms with Crippen LogP contribution in [0.3, 0.4) is 0 Å². The van der Waals surface area contributed by atoms with Gasteiger partial charge < -0.3 is 10.0 Å². The molecule has 0 heterocycles. The number of hydrogen-bond donors (Lipinski definition) is 1. The predicted molar refractivity (Wildman–Crippen MR) is 79.3 cm³/mol. The first-order chi connectivity index (χ1) is 9.40. The highest BCUT2D eigenvalue weighted by atomic mass is 16.4. The molecule has 0 saturated heterocycles. The maximum atomic E-state index is 11.8. The molecule has 4 heteroatoms. The lowest BCUT2D eigenvalue weighted by Crippen LogP contribution is -2.33. The fourth-order valence-corrected chi connectivity index (χ4v) is 1.72. The van der Waals surface area contributed by atoms with E-state index in [1.807, 2.05) is 37.3 Å². The second-order valence-electron chi connectivity index (χ2n) is 5.03. The zero-order chi connectivity index (χ0) is 15.1. The van der Waals surface area contributed by atoms with Crippen molar-refractivity contribution in [2.24, 2.45) is 5.92 Å². The number of carbonyl (C=O) groups excluding carboxylic acids is 1. The highest BCUT2D eigenvalue weighted by molar-refractivity contribution is 5.79. The Morgan fingerprint density at radius 3 is 2.45 bits per heavy atom. The lowest BCUT2D eigenvalue weighted by Gasteiger charge is -2.18. The number of aliphatic carboxylic acids is 1. The molecular weight excluding hydrogens is 254 g/mol. The molecule has 1 aromatic rings. The molecule has 0 aliphatic carbocycles. The molecule has 0 saturated carbocycles. The van der Waals surface area contributed by atoms with Crippen LogP contribution in [0, 0.1) is 12.8 Å². The molecular formula is C16H21NO3. The SMILES string of the molecule is Cc1ccc(/C=C/CC(=O)N(C)CC(C)C(=O)O)cc1. The molecule has 108 valence electrons. The van der Waals surface area contributed by atoms with Crippen LogP contribution >= 0.6 is 0 Å². The third-order valence-corrected chi connectivity index (χ3v) is 3.08. The van der Waals surface area contributed by atoms with Gasteiger partial charge in [-0.3, -0.25) is 9.59 Å². The van der Waals surface area contributed by atoms with Gasteiger partial charge in [0.1, 0.15) is 0 Å². The van der Waals surface area contributed by atoms with Gasteiger partial charge in [0.25, 0.3) is 0 Å². The highest BCUT2D eigenvalue weighted by Crippen LogP contribution is 2.06. The topological polar surface area (TPSA) is 57.6 Å². The zero-order valence-corrected chi connectivity index (χ0v) is 12.2. The molecule has 1 amide bonds. The van der Waals surface area contributed by atoms with E-state index in [0.29, 0.717) is 0 Å². The van der Waals surface area contributed by atoms with Crippen LogP contribution in [0.15, 0.2) is 30.3 Å². The lowest BCUT2D eigenvalue weighted by molar-refractivity contribution is -0.142. The number of carboxylic acid groups (broad SMARTS) is 1.